The zero-order valence-electron chi connectivity index (χ0n) is 19.0. The van der Waals surface area contributed by atoms with Crippen molar-refractivity contribution in [2.24, 2.45) is 0 Å². The van der Waals surface area contributed by atoms with Gasteiger partial charge in [-0.05, 0) is 53.9 Å². The number of nitrogens with zero attached hydrogens (tertiary/aromatic N) is 2. The summed E-state index contributed by atoms with van der Waals surface area (Å²) < 4.78 is 11.2. The SMILES string of the molecule is COc1ccc2c(c1)[C@]1(C[C@H]1c1ccc3c(Nc4nccc5c4OCC5CO)n[nH]c3c1)C(=O)N2. The van der Waals surface area contributed by atoms with E-state index in [1.807, 2.05) is 30.3 Å². The van der Waals surface area contributed by atoms with E-state index in [4.69, 9.17) is 9.47 Å². The summed E-state index contributed by atoms with van der Waals surface area (Å²) >= 11 is 0. The van der Waals surface area contributed by atoms with Gasteiger partial charge in [-0.2, -0.15) is 5.10 Å². The molecular weight excluding hydrogens is 446 g/mol. The van der Waals surface area contributed by atoms with Gasteiger partial charge < -0.3 is 25.2 Å². The third-order valence-electron chi connectivity index (χ3n) is 7.57. The lowest BCUT2D eigenvalue weighted by atomic mass is 9.91. The average Bonchev–Trinajstić information content (AvgIpc) is 3.14. The van der Waals surface area contributed by atoms with Crippen molar-refractivity contribution >= 4 is 34.1 Å². The zero-order chi connectivity index (χ0) is 23.7. The zero-order valence-corrected chi connectivity index (χ0v) is 19.0. The van der Waals surface area contributed by atoms with Gasteiger partial charge in [0.05, 0.1) is 31.3 Å². The molecule has 1 spiro atoms. The van der Waals surface area contributed by atoms with E-state index in [1.165, 1.54) is 0 Å². The summed E-state index contributed by atoms with van der Waals surface area (Å²) in [4.78, 5) is 17.4. The Morgan fingerprint density at radius 2 is 2.14 bits per heavy atom. The normalized spacial score (nSPS) is 23.7. The van der Waals surface area contributed by atoms with Gasteiger partial charge in [-0.25, -0.2) is 4.98 Å². The van der Waals surface area contributed by atoms with Gasteiger partial charge in [0.25, 0.3) is 0 Å². The first-order valence-corrected chi connectivity index (χ1v) is 11.6. The summed E-state index contributed by atoms with van der Waals surface area (Å²) in [6.07, 6.45) is 2.46. The van der Waals surface area contributed by atoms with Crippen molar-refractivity contribution in [1.29, 1.82) is 0 Å². The standard InChI is InChI=1S/C26H23N5O4/c1-34-15-3-5-20-18(9-15)26(25(33)28-20)10-19(26)13-2-4-17-21(8-13)30-31-23(17)29-24-22-16(6-7-27-24)14(11-32)12-35-22/h2-9,14,19,32H,10-12H2,1H3,(H,28,33)(H2,27,29,30,31)/t14?,19-,26-/m0/s1. The maximum Gasteiger partial charge on any atom is 0.235 e. The number of H-pyrrole nitrogens is 1. The number of anilines is 3. The first-order valence-electron chi connectivity index (χ1n) is 11.6. The maximum absolute atomic E-state index is 13.0. The van der Waals surface area contributed by atoms with Crippen LogP contribution >= 0.6 is 0 Å². The fourth-order valence-corrected chi connectivity index (χ4v) is 5.61. The van der Waals surface area contributed by atoms with Crippen molar-refractivity contribution in [2.45, 2.75) is 23.7 Å². The van der Waals surface area contributed by atoms with Crippen LogP contribution in [-0.4, -0.2) is 46.5 Å². The molecule has 1 unspecified atom stereocenters. The van der Waals surface area contributed by atoms with Crippen LogP contribution in [0.15, 0.2) is 48.7 Å². The Hall–Kier alpha value is -4.11. The van der Waals surface area contributed by atoms with Gasteiger partial charge in [0.2, 0.25) is 5.91 Å². The van der Waals surface area contributed by atoms with Crippen LogP contribution < -0.4 is 20.1 Å². The van der Waals surface area contributed by atoms with E-state index in [9.17, 15) is 9.90 Å². The molecule has 0 bridgehead atoms. The number of amides is 1. The van der Waals surface area contributed by atoms with Crippen LogP contribution in [-0.2, 0) is 10.2 Å². The lowest BCUT2D eigenvalue weighted by Gasteiger charge is -2.10. The van der Waals surface area contributed by atoms with Gasteiger partial charge in [-0.15, -0.1) is 0 Å². The molecule has 1 fully saturated rings. The second kappa shape index (κ2) is 7.19. The van der Waals surface area contributed by atoms with Gasteiger partial charge in [-0.3, -0.25) is 9.89 Å². The van der Waals surface area contributed by atoms with Crippen LogP contribution in [0.4, 0.5) is 17.3 Å². The van der Waals surface area contributed by atoms with E-state index in [0.29, 0.717) is 24.0 Å². The molecule has 0 saturated heterocycles. The van der Waals surface area contributed by atoms with Gasteiger partial charge in [0.1, 0.15) is 5.75 Å². The minimum Gasteiger partial charge on any atom is -0.497 e. The summed E-state index contributed by atoms with van der Waals surface area (Å²) in [5, 5.41) is 24.4. The number of nitrogens with one attached hydrogen (secondary N) is 3. The molecule has 1 aliphatic carbocycles. The molecule has 0 radical (unpaired) electrons. The van der Waals surface area contributed by atoms with Gasteiger partial charge >= 0.3 is 0 Å². The second-order valence-corrected chi connectivity index (χ2v) is 9.36. The highest BCUT2D eigenvalue weighted by atomic mass is 16.5. The first kappa shape index (κ1) is 20.3. The summed E-state index contributed by atoms with van der Waals surface area (Å²) in [6, 6.07) is 13.8. The Morgan fingerprint density at radius 3 is 3.00 bits per heavy atom. The molecule has 9 heteroatoms. The van der Waals surface area contributed by atoms with E-state index in [0.717, 1.165) is 45.5 Å². The summed E-state index contributed by atoms with van der Waals surface area (Å²) in [5.74, 6) is 2.70. The molecule has 2 aromatic carbocycles. The molecule has 35 heavy (non-hydrogen) atoms. The van der Waals surface area contributed by atoms with Crippen LogP contribution in [0.25, 0.3) is 10.9 Å². The van der Waals surface area contributed by atoms with Crippen LogP contribution in [0.5, 0.6) is 11.5 Å². The van der Waals surface area contributed by atoms with Gasteiger partial charge in [0.15, 0.2) is 17.4 Å². The number of benzene rings is 2. The number of fused-ring (bicyclic) bond motifs is 4. The monoisotopic (exact) mass is 469 g/mol. The fourth-order valence-electron chi connectivity index (χ4n) is 5.61. The highest BCUT2D eigenvalue weighted by molar-refractivity contribution is 6.10. The highest BCUT2D eigenvalue weighted by Gasteiger charge is 2.65. The van der Waals surface area contributed by atoms with Crippen molar-refractivity contribution < 1.29 is 19.4 Å². The number of carbonyl (C=O) groups excluding carboxylic acids is 1. The molecular formula is C26H23N5O4. The molecule has 7 rings (SSSR count). The number of ether oxygens (including phenoxy) is 2. The smallest absolute Gasteiger partial charge is 0.235 e. The number of methoxy groups -OCH3 is 1. The van der Waals surface area contributed by atoms with Gasteiger partial charge in [0, 0.05) is 34.7 Å². The van der Waals surface area contributed by atoms with Crippen molar-refractivity contribution in [2.75, 3.05) is 31.0 Å². The summed E-state index contributed by atoms with van der Waals surface area (Å²) in [5.41, 5.74) is 4.22. The summed E-state index contributed by atoms with van der Waals surface area (Å²) in [6.45, 7) is 0.463. The second-order valence-electron chi connectivity index (χ2n) is 9.36. The number of pyridine rings is 1. The van der Waals surface area contributed by atoms with Crippen molar-refractivity contribution in [1.82, 2.24) is 15.2 Å². The maximum atomic E-state index is 13.0. The molecule has 4 aromatic rings. The molecule has 1 amide bonds. The van der Waals surface area contributed by atoms with Crippen molar-refractivity contribution in [3.05, 3.63) is 65.4 Å². The number of aromatic nitrogens is 3. The third kappa shape index (κ3) is 2.81. The minimum atomic E-state index is -0.548. The Labute approximate surface area is 200 Å². The molecule has 3 atom stereocenters. The number of rotatable bonds is 5. The third-order valence-corrected chi connectivity index (χ3v) is 7.57. The van der Waals surface area contributed by atoms with E-state index in [-0.39, 0.29) is 24.3 Å². The molecule has 4 N–H and O–H groups in total. The number of carbonyl (C=O) groups is 1. The quantitative estimate of drug-likeness (QED) is 0.353. The van der Waals surface area contributed by atoms with Crippen LogP contribution in [0.3, 0.4) is 0 Å². The fraction of sp³-hybridized carbons (Fsp3) is 0.269. The summed E-state index contributed by atoms with van der Waals surface area (Å²) in [7, 11) is 1.64. The Bertz CT molecular complexity index is 1520. The van der Waals surface area contributed by atoms with Crippen LogP contribution in [0.1, 0.15) is 34.9 Å². The number of aromatic amines is 1. The Kier molecular flexibility index (Phi) is 4.17. The number of aliphatic hydroxyl groups is 1. The average molecular weight is 470 g/mol. The number of aliphatic hydroxyl groups excluding tert-OH is 1. The predicted molar refractivity (Wildman–Crippen MR) is 130 cm³/mol. The van der Waals surface area contributed by atoms with Gasteiger partial charge in [-0.1, -0.05) is 6.07 Å². The molecule has 2 aliphatic heterocycles. The molecule has 176 valence electrons. The largest absolute Gasteiger partial charge is 0.497 e. The van der Waals surface area contributed by atoms with Crippen LogP contribution in [0, 0.1) is 0 Å². The molecule has 9 nitrogen and oxygen atoms in total. The molecule has 2 aromatic heterocycles. The van der Waals surface area contributed by atoms with Crippen LogP contribution in [0.2, 0.25) is 0 Å². The predicted octanol–water partition coefficient (Wildman–Crippen LogP) is 3.56. The van der Waals surface area contributed by atoms with E-state index in [2.05, 4.69) is 37.9 Å². The van der Waals surface area contributed by atoms with E-state index < -0.39 is 5.41 Å². The van der Waals surface area contributed by atoms with E-state index >= 15 is 0 Å². The Balaban J connectivity index is 1.20. The lowest BCUT2D eigenvalue weighted by molar-refractivity contribution is -0.118. The minimum absolute atomic E-state index is 0.0303. The number of hydrogen-bond acceptors (Lipinski definition) is 7. The number of hydrogen-bond donors (Lipinski definition) is 4. The molecule has 1 saturated carbocycles. The topological polar surface area (TPSA) is 121 Å². The molecule has 4 heterocycles. The molecule has 3 aliphatic rings. The van der Waals surface area contributed by atoms with E-state index in [1.54, 1.807) is 13.3 Å². The lowest BCUT2D eigenvalue weighted by Crippen LogP contribution is -2.21. The highest BCUT2D eigenvalue weighted by Crippen LogP contribution is 2.65. The first-order chi connectivity index (χ1) is 17.1. The van der Waals surface area contributed by atoms with Crippen molar-refractivity contribution in [3.8, 4) is 11.5 Å². The Morgan fingerprint density at radius 1 is 1.23 bits per heavy atom. The van der Waals surface area contributed by atoms with Crippen molar-refractivity contribution in [3.63, 3.8) is 0 Å².